The fourth-order valence-electron chi connectivity index (χ4n) is 2.10. The van der Waals surface area contributed by atoms with Crippen LogP contribution in [0.2, 0.25) is 0 Å². The van der Waals surface area contributed by atoms with Crippen LogP contribution < -0.4 is 0 Å². The van der Waals surface area contributed by atoms with Crippen LogP contribution in [-0.2, 0) is 18.6 Å². The minimum atomic E-state index is -3.52. The molecule has 3 atom stereocenters. The second kappa shape index (κ2) is 6.84. The highest BCUT2D eigenvalue weighted by Gasteiger charge is 2.37. The molecule has 0 aromatic rings. The highest BCUT2D eigenvalue weighted by molar-refractivity contribution is 7.52. The van der Waals surface area contributed by atoms with Gasteiger partial charge in [-0.1, -0.05) is 6.92 Å². The maximum absolute atomic E-state index is 11.6. The van der Waals surface area contributed by atoms with E-state index in [1.54, 1.807) is 11.8 Å². The molecule has 1 saturated heterocycles. The van der Waals surface area contributed by atoms with E-state index >= 15 is 0 Å². The van der Waals surface area contributed by atoms with E-state index in [1.165, 1.54) is 6.92 Å². The van der Waals surface area contributed by atoms with Gasteiger partial charge in [0.05, 0.1) is 24.9 Å². The molecular formula is C12H24NO5P. The summed E-state index contributed by atoms with van der Waals surface area (Å²) in [7, 11) is -3.52. The van der Waals surface area contributed by atoms with Crippen molar-refractivity contribution in [2.75, 3.05) is 19.3 Å². The SMILES string of the molecule is CCP(=O)(O)O[C@@H]1C[C@@H](COC(C)C)N(C(C)=O)C1. The fraction of sp³-hybridized carbons (Fsp3) is 0.917. The Hall–Kier alpha value is -0.420. The average Bonchev–Trinajstić information content (AvgIpc) is 2.69. The van der Waals surface area contributed by atoms with Crippen LogP contribution in [0.1, 0.15) is 34.1 Å². The van der Waals surface area contributed by atoms with E-state index in [0.29, 0.717) is 19.6 Å². The lowest BCUT2D eigenvalue weighted by molar-refractivity contribution is -0.131. The maximum Gasteiger partial charge on any atom is 0.328 e. The summed E-state index contributed by atoms with van der Waals surface area (Å²) in [5.74, 6) is -0.0623. The summed E-state index contributed by atoms with van der Waals surface area (Å²) >= 11 is 0. The van der Waals surface area contributed by atoms with Crippen molar-refractivity contribution in [3.05, 3.63) is 0 Å². The van der Waals surface area contributed by atoms with E-state index in [2.05, 4.69) is 0 Å². The standard InChI is InChI=1S/C12H24NO5P/c1-5-19(15,16)18-12-6-11(8-17-9(2)3)13(7-12)10(4)14/h9,11-12H,5-8H2,1-4H3,(H,15,16)/t11-,12+/m0/s1. The van der Waals surface area contributed by atoms with Gasteiger partial charge in [-0.15, -0.1) is 0 Å². The summed E-state index contributed by atoms with van der Waals surface area (Å²) in [4.78, 5) is 22.7. The second-order valence-corrected chi connectivity index (χ2v) is 7.24. The molecule has 1 heterocycles. The van der Waals surface area contributed by atoms with Crippen molar-refractivity contribution in [1.82, 2.24) is 4.90 Å². The first-order valence-electron chi connectivity index (χ1n) is 6.64. The minimum Gasteiger partial charge on any atom is -0.377 e. The van der Waals surface area contributed by atoms with Crippen LogP contribution in [0.5, 0.6) is 0 Å². The van der Waals surface area contributed by atoms with E-state index in [4.69, 9.17) is 9.26 Å². The summed E-state index contributed by atoms with van der Waals surface area (Å²) in [6, 6.07) is -0.0817. The molecule has 1 aliphatic heterocycles. The molecule has 1 unspecified atom stereocenters. The Kier molecular flexibility index (Phi) is 5.99. The van der Waals surface area contributed by atoms with Crippen LogP contribution in [0.15, 0.2) is 0 Å². The van der Waals surface area contributed by atoms with Crippen LogP contribution in [0.3, 0.4) is 0 Å². The van der Waals surface area contributed by atoms with E-state index in [1.807, 2.05) is 13.8 Å². The Labute approximate surface area is 114 Å². The molecule has 1 aliphatic rings. The molecular weight excluding hydrogens is 269 g/mol. The smallest absolute Gasteiger partial charge is 0.328 e. The first-order valence-corrected chi connectivity index (χ1v) is 8.40. The van der Waals surface area contributed by atoms with Gasteiger partial charge in [-0.25, -0.2) is 0 Å². The molecule has 0 saturated carbocycles. The third-order valence-electron chi connectivity index (χ3n) is 3.12. The van der Waals surface area contributed by atoms with Crippen molar-refractivity contribution < 1.29 is 23.5 Å². The Morgan fingerprint density at radius 2 is 2.16 bits per heavy atom. The molecule has 7 heteroatoms. The van der Waals surface area contributed by atoms with Gasteiger partial charge in [0.25, 0.3) is 0 Å². The number of hydrogen-bond acceptors (Lipinski definition) is 4. The van der Waals surface area contributed by atoms with Gasteiger partial charge in [-0.2, -0.15) is 0 Å². The van der Waals surface area contributed by atoms with E-state index in [9.17, 15) is 14.3 Å². The van der Waals surface area contributed by atoms with Gasteiger partial charge in [0, 0.05) is 19.6 Å². The fourth-order valence-corrected chi connectivity index (χ4v) is 2.87. The Morgan fingerprint density at radius 3 is 2.63 bits per heavy atom. The molecule has 112 valence electrons. The zero-order chi connectivity index (χ0) is 14.6. The number of amides is 1. The van der Waals surface area contributed by atoms with Crippen LogP contribution in [0.25, 0.3) is 0 Å². The molecule has 1 amide bonds. The quantitative estimate of drug-likeness (QED) is 0.753. The largest absolute Gasteiger partial charge is 0.377 e. The van der Waals surface area contributed by atoms with Gasteiger partial charge in [0.2, 0.25) is 5.91 Å². The highest BCUT2D eigenvalue weighted by atomic mass is 31.2. The number of nitrogens with zero attached hydrogens (tertiary/aromatic N) is 1. The van der Waals surface area contributed by atoms with Gasteiger partial charge in [-0.3, -0.25) is 9.36 Å². The zero-order valence-electron chi connectivity index (χ0n) is 12.0. The van der Waals surface area contributed by atoms with Crippen molar-refractivity contribution >= 4 is 13.5 Å². The Balaban J connectivity index is 2.61. The lowest BCUT2D eigenvalue weighted by Gasteiger charge is -2.23. The van der Waals surface area contributed by atoms with Gasteiger partial charge in [-0.05, 0) is 20.3 Å². The molecule has 19 heavy (non-hydrogen) atoms. The van der Waals surface area contributed by atoms with Crippen LogP contribution >= 0.6 is 7.60 Å². The monoisotopic (exact) mass is 293 g/mol. The number of carbonyl (C=O) groups excluding carboxylic acids is 1. The molecule has 0 bridgehead atoms. The molecule has 0 radical (unpaired) electrons. The molecule has 6 nitrogen and oxygen atoms in total. The van der Waals surface area contributed by atoms with E-state index in [-0.39, 0.29) is 30.3 Å². The first kappa shape index (κ1) is 16.6. The number of rotatable bonds is 6. The molecule has 1 fully saturated rings. The molecule has 0 aromatic carbocycles. The number of hydrogen-bond donors (Lipinski definition) is 1. The normalized spacial score (nSPS) is 26.7. The molecule has 0 aromatic heterocycles. The topological polar surface area (TPSA) is 76.1 Å². The van der Waals surface area contributed by atoms with Crippen molar-refractivity contribution in [1.29, 1.82) is 0 Å². The van der Waals surface area contributed by atoms with Crippen molar-refractivity contribution in [2.45, 2.75) is 52.4 Å². The predicted molar refractivity (Wildman–Crippen MR) is 72.1 cm³/mol. The summed E-state index contributed by atoms with van der Waals surface area (Å²) in [6.45, 7) is 7.74. The predicted octanol–water partition coefficient (Wildman–Crippen LogP) is 1.62. The molecule has 1 rings (SSSR count). The number of carbonyl (C=O) groups is 1. The van der Waals surface area contributed by atoms with Crippen LogP contribution in [0, 0.1) is 0 Å². The third-order valence-corrected chi connectivity index (χ3v) is 4.54. The van der Waals surface area contributed by atoms with Gasteiger partial charge < -0.3 is 19.1 Å². The van der Waals surface area contributed by atoms with Crippen molar-refractivity contribution in [3.8, 4) is 0 Å². The maximum atomic E-state index is 11.6. The molecule has 0 spiro atoms. The van der Waals surface area contributed by atoms with E-state index < -0.39 is 7.60 Å². The van der Waals surface area contributed by atoms with Gasteiger partial charge in [0.15, 0.2) is 0 Å². The third kappa shape index (κ3) is 5.22. The van der Waals surface area contributed by atoms with Gasteiger partial charge >= 0.3 is 7.60 Å². The van der Waals surface area contributed by atoms with E-state index in [0.717, 1.165) is 0 Å². The Bertz CT molecular complexity index is 360. The summed E-state index contributed by atoms with van der Waals surface area (Å²) in [6.07, 6.45) is 0.321. The van der Waals surface area contributed by atoms with Crippen molar-refractivity contribution in [2.24, 2.45) is 0 Å². The van der Waals surface area contributed by atoms with Crippen LogP contribution in [-0.4, -0.2) is 53.3 Å². The Morgan fingerprint density at radius 1 is 1.53 bits per heavy atom. The summed E-state index contributed by atoms with van der Waals surface area (Å²) in [5, 5.41) is 0. The summed E-state index contributed by atoms with van der Waals surface area (Å²) in [5.41, 5.74) is 0. The number of likely N-dealkylation sites (tertiary alicyclic amines) is 1. The summed E-state index contributed by atoms with van der Waals surface area (Å²) < 4.78 is 22.3. The second-order valence-electron chi connectivity index (χ2n) is 5.12. The highest BCUT2D eigenvalue weighted by Crippen LogP contribution is 2.44. The number of ether oxygens (including phenoxy) is 1. The lowest BCUT2D eigenvalue weighted by atomic mass is 10.2. The van der Waals surface area contributed by atoms with Crippen molar-refractivity contribution in [3.63, 3.8) is 0 Å². The molecule has 0 aliphatic carbocycles. The molecule has 1 N–H and O–H groups in total. The van der Waals surface area contributed by atoms with Gasteiger partial charge in [0.1, 0.15) is 0 Å². The minimum absolute atomic E-state index is 0.0623. The lowest BCUT2D eigenvalue weighted by Crippen LogP contribution is -2.37. The average molecular weight is 293 g/mol. The zero-order valence-corrected chi connectivity index (χ0v) is 12.9. The first-order chi connectivity index (χ1) is 8.75. The van der Waals surface area contributed by atoms with Crippen LogP contribution in [0.4, 0.5) is 0 Å².